The number of methoxy groups -OCH3 is 1. The summed E-state index contributed by atoms with van der Waals surface area (Å²) in [5.41, 5.74) is 1.89. The first-order chi connectivity index (χ1) is 16.4. The van der Waals surface area contributed by atoms with Gasteiger partial charge in [-0.15, -0.1) is 11.8 Å². The van der Waals surface area contributed by atoms with E-state index in [2.05, 4.69) is 10.6 Å². The Labute approximate surface area is 207 Å². The van der Waals surface area contributed by atoms with Crippen LogP contribution in [0.2, 0.25) is 5.02 Å². The molecule has 7 heteroatoms. The molecule has 0 aliphatic rings. The molecule has 4 rings (SSSR count). The van der Waals surface area contributed by atoms with Gasteiger partial charge < -0.3 is 15.4 Å². The van der Waals surface area contributed by atoms with Crippen LogP contribution in [0.1, 0.15) is 17.3 Å². The van der Waals surface area contributed by atoms with Crippen molar-refractivity contribution in [2.75, 3.05) is 17.7 Å². The molecule has 1 unspecified atom stereocenters. The number of rotatable bonds is 7. The van der Waals surface area contributed by atoms with Gasteiger partial charge in [-0.25, -0.2) is 0 Å². The van der Waals surface area contributed by atoms with Crippen LogP contribution in [0.4, 0.5) is 11.4 Å². The van der Waals surface area contributed by atoms with Gasteiger partial charge >= 0.3 is 0 Å². The molecule has 4 aromatic rings. The molecular weight excluding hydrogens is 468 g/mol. The van der Waals surface area contributed by atoms with Crippen molar-refractivity contribution in [3.63, 3.8) is 0 Å². The van der Waals surface area contributed by atoms with Crippen molar-refractivity contribution < 1.29 is 14.3 Å². The predicted molar refractivity (Wildman–Crippen MR) is 140 cm³/mol. The van der Waals surface area contributed by atoms with Gasteiger partial charge in [-0.3, -0.25) is 9.59 Å². The molecule has 0 fully saturated rings. The Morgan fingerprint density at radius 3 is 2.26 bits per heavy atom. The van der Waals surface area contributed by atoms with Crippen molar-refractivity contribution >= 4 is 57.3 Å². The average Bonchev–Trinajstić information content (AvgIpc) is 2.85. The number of ether oxygens (including phenoxy) is 1. The van der Waals surface area contributed by atoms with Crippen LogP contribution in [-0.4, -0.2) is 24.2 Å². The molecule has 0 bridgehead atoms. The smallest absolute Gasteiger partial charge is 0.255 e. The number of benzene rings is 4. The van der Waals surface area contributed by atoms with Gasteiger partial charge in [0.15, 0.2) is 0 Å². The van der Waals surface area contributed by atoms with Gasteiger partial charge in [0.25, 0.3) is 5.91 Å². The SMILES string of the molecule is COc1ccc(NC(=O)C(C)Sc2ccc(NC(=O)c3ccc4ccccc4c3)cc2)cc1Cl. The third-order valence-corrected chi connectivity index (χ3v) is 6.63. The maximum atomic E-state index is 12.7. The fraction of sp³-hybridized carbons (Fsp3) is 0.111. The van der Waals surface area contributed by atoms with Crippen LogP contribution >= 0.6 is 23.4 Å². The molecule has 1 atom stereocenters. The van der Waals surface area contributed by atoms with E-state index in [1.807, 2.05) is 73.7 Å². The van der Waals surface area contributed by atoms with Crippen LogP contribution in [0.25, 0.3) is 10.8 Å². The Bertz CT molecular complexity index is 1340. The van der Waals surface area contributed by atoms with E-state index >= 15 is 0 Å². The monoisotopic (exact) mass is 490 g/mol. The summed E-state index contributed by atoms with van der Waals surface area (Å²) in [6.45, 7) is 1.83. The van der Waals surface area contributed by atoms with Crippen LogP contribution in [-0.2, 0) is 4.79 Å². The van der Waals surface area contributed by atoms with Crippen molar-refractivity contribution in [3.05, 3.63) is 95.5 Å². The highest BCUT2D eigenvalue weighted by Gasteiger charge is 2.16. The molecule has 0 aliphatic carbocycles. The average molecular weight is 491 g/mol. The molecule has 0 saturated carbocycles. The van der Waals surface area contributed by atoms with Crippen LogP contribution < -0.4 is 15.4 Å². The van der Waals surface area contributed by atoms with Crippen molar-refractivity contribution in [1.82, 2.24) is 0 Å². The van der Waals surface area contributed by atoms with Gasteiger partial charge in [-0.2, -0.15) is 0 Å². The molecule has 0 saturated heterocycles. The molecule has 2 N–H and O–H groups in total. The normalized spacial score (nSPS) is 11.6. The number of amides is 2. The third-order valence-electron chi connectivity index (χ3n) is 5.23. The lowest BCUT2D eigenvalue weighted by Gasteiger charge is -2.13. The van der Waals surface area contributed by atoms with E-state index in [1.54, 1.807) is 25.3 Å². The van der Waals surface area contributed by atoms with Crippen LogP contribution in [0.5, 0.6) is 5.75 Å². The number of fused-ring (bicyclic) bond motifs is 1. The molecule has 5 nitrogen and oxygen atoms in total. The number of nitrogens with one attached hydrogen (secondary N) is 2. The van der Waals surface area contributed by atoms with Crippen LogP contribution in [0.15, 0.2) is 89.8 Å². The van der Waals surface area contributed by atoms with Gasteiger partial charge in [0.2, 0.25) is 5.91 Å². The van der Waals surface area contributed by atoms with Gasteiger partial charge in [-0.05, 0) is 72.3 Å². The summed E-state index contributed by atoms with van der Waals surface area (Å²) in [6, 6.07) is 26.1. The zero-order chi connectivity index (χ0) is 24.1. The second-order valence-electron chi connectivity index (χ2n) is 7.64. The molecule has 4 aromatic carbocycles. The molecule has 2 amide bonds. The van der Waals surface area contributed by atoms with Gasteiger partial charge in [0, 0.05) is 21.8 Å². The number of hydrogen-bond donors (Lipinski definition) is 2. The summed E-state index contributed by atoms with van der Waals surface area (Å²) in [6.07, 6.45) is 0. The molecule has 172 valence electrons. The summed E-state index contributed by atoms with van der Waals surface area (Å²) in [5.74, 6) is 0.242. The first kappa shape index (κ1) is 23.7. The van der Waals surface area contributed by atoms with E-state index in [0.29, 0.717) is 27.7 Å². The number of thioether (sulfide) groups is 1. The Kier molecular flexibility index (Phi) is 7.40. The summed E-state index contributed by atoms with van der Waals surface area (Å²) in [5, 5.41) is 8.00. The second kappa shape index (κ2) is 10.6. The molecule has 0 radical (unpaired) electrons. The molecule has 0 heterocycles. The van der Waals surface area contributed by atoms with Crippen LogP contribution in [0, 0.1) is 0 Å². The Hall–Kier alpha value is -3.48. The van der Waals surface area contributed by atoms with Crippen molar-refractivity contribution in [1.29, 1.82) is 0 Å². The summed E-state index contributed by atoms with van der Waals surface area (Å²) >= 11 is 7.55. The first-order valence-corrected chi connectivity index (χ1v) is 11.9. The lowest BCUT2D eigenvalue weighted by molar-refractivity contribution is -0.115. The van der Waals surface area contributed by atoms with Crippen molar-refractivity contribution in [2.24, 2.45) is 0 Å². The Morgan fingerprint density at radius 2 is 1.56 bits per heavy atom. The summed E-state index contributed by atoms with van der Waals surface area (Å²) in [4.78, 5) is 26.2. The third kappa shape index (κ3) is 5.71. The minimum absolute atomic E-state index is 0.139. The first-order valence-electron chi connectivity index (χ1n) is 10.6. The van der Waals surface area contributed by atoms with Gasteiger partial charge in [0.1, 0.15) is 5.75 Å². The molecule has 0 aliphatic heterocycles. The number of carbonyl (C=O) groups is 2. The molecule has 0 aromatic heterocycles. The highest BCUT2D eigenvalue weighted by molar-refractivity contribution is 8.00. The Balaban J connectivity index is 1.34. The second-order valence-corrected chi connectivity index (χ2v) is 9.46. The fourth-order valence-electron chi connectivity index (χ4n) is 3.40. The van der Waals surface area contributed by atoms with Gasteiger partial charge in [0.05, 0.1) is 17.4 Å². The highest BCUT2D eigenvalue weighted by Crippen LogP contribution is 2.29. The number of hydrogen-bond acceptors (Lipinski definition) is 4. The van der Waals surface area contributed by atoms with E-state index in [-0.39, 0.29) is 17.1 Å². The maximum Gasteiger partial charge on any atom is 0.255 e. The summed E-state index contributed by atoms with van der Waals surface area (Å²) in [7, 11) is 1.54. The van der Waals surface area contributed by atoms with E-state index < -0.39 is 0 Å². The quantitative estimate of drug-likeness (QED) is 0.277. The lowest BCUT2D eigenvalue weighted by Crippen LogP contribution is -2.22. The van der Waals surface area contributed by atoms with E-state index in [0.717, 1.165) is 15.7 Å². The number of halogens is 1. The zero-order valence-corrected chi connectivity index (χ0v) is 20.2. The molecule has 34 heavy (non-hydrogen) atoms. The Morgan fingerprint density at radius 1 is 0.853 bits per heavy atom. The minimum atomic E-state index is -0.334. The van der Waals surface area contributed by atoms with Gasteiger partial charge in [-0.1, -0.05) is 41.9 Å². The topological polar surface area (TPSA) is 67.4 Å². The van der Waals surface area contributed by atoms with E-state index in [4.69, 9.17) is 16.3 Å². The summed E-state index contributed by atoms with van der Waals surface area (Å²) < 4.78 is 5.13. The van der Waals surface area contributed by atoms with Crippen molar-refractivity contribution in [3.8, 4) is 5.75 Å². The number of carbonyl (C=O) groups excluding carboxylic acids is 2. The van der Waals surface area contributed by atoms with Crippen LogP contribution in [0.3, 0.4) is 0 Å². The van der Waals surface area contributed by atoms with Crippen molar-refractivity contribution in [2.45, 2.75) is 17.1 Å². The molecular formula is C27H23ClN2O3S. The largest absolute Gasteiger partial charge is 0.495 e. The standard InChI is InChI=1S/C27H23ClN2O3S/c1-17(26(31)30-22-11-14-25(33-2)24(28)16-22)34-23-12-9-21(10-13-23)29-27(32)20-8-7-18-5-3-4-6-19(18)15-20/h3-17H,1-2H3,(H,29,32)(H,30,31). The number of anilines is 2. The van der Waals surface area contributed by atoms with E-state index in [9.17, 15) is 9.59 Å². The lowest BCUT2D eigenvalue weighted by atomic mass is 10.1. The predicted octanol–water partition coefficient (Wildman–Crippen LogP) is 6.87. The molecule has 0 spiro atoms. The highest BCUT2D eigenvalue weighted by atomic mass is 35.5. The minimum Gasteiger partial charge on any atom is -0.495 e. The van der Waals surface area contributed by atoms with E-state index in [1.165, 1.54) is 11.8 Å². The maximum absolute atomic E-state index is 12.7. The fourth-order valence-corrected chi connectivity index (χ4v) is 4.52. The zero-order valence-electron chi connectivity index (χ0n) is 18.7.